The normalized spacial score (nSPS) is 15.2. The number of hydrogen-bond acceptors (Lipinski definition) is 6. The van der Waals surface area contributed by atoms with E-state index in [4.69, 9.17) is 4.74 Å². The molecular weight excluding hydrogens is 312 g/mol. The van der Waals surface area contributed by atoms with Gasteiger partial charge >= 0.3 is 0 Å². The molecule has 2 aromatic heterocycles. The van der Waals surface area contributed by atoms with Crippen molar-refractivity contribution in [3.8, 4) is 0 Å². The largest absolute Gasteiger partial charge is 0.383 e. The number of H-pyrrole nitrogens is 1. The SMILES string of the molecule is COCCn1cnnc1C(C)NC(=O)c1cnc(C2CC2)[nH]c1=O. The average molecular weight is 332 g/mol. The van der Waals surface area contributed by atoms with Gasteiger partial charge < -0.3 is 19.6 Å². The highest BCUT2D eigenvalue weighted by Gasteiger charge is 2.27. The molecule has 0 spiro atoms. The van der Waals surface area contributed by atoms with Crippen LogP contribution >= 0.6 is 0 Å². The lowest BCUT2D eigenvalue weighted by Gasteiger charge is -2.14. The van der Waals surface area contributed by atoms with Crippen LogP contribution in [0.1, 0.15) is 53.7 Å². The van der Waals surface area contributed by atoms with Crippen molar-refractivity contribution in [3.63, 3.8) is 0 Å². The zero-order chi connectivity index (χ0) is 17.1. The number of aromatic nitrogens is 5. The molecule has 2 N–H and O–H groups in total. The van der Waals surface area contributed by atoms with E-state index in [1.165, 1.54) is 6.20 Å². The number of amides is 1. The van der Waals surface area contributed by atoms with Gasteiger partial charge in [0.25, 0.3) is 11.5 Å². The summed E-state index contributed by atoms with van der Waals surface area (Å²) in [4.78, 5) is 31.3. The Hall–Kier alpha value is -2.55. The van der Waals surface area contributed by atoms with Gasteiger partial charge in [-0.25, -0.2) is 4.98 Å². The molecule has 1 unspecified atom stereocenters. The molecule has 0 radical (unpaired) electrons. The molecule has 1 amide bonds. The lowest BCUT2D eigenvalue weighted by molar-refractivity contribution is 0.0935. The van der Waals surface area contributed by atoms with E-state index in [0.717, 1.165) is 12.8 Å². The number of rotatable bonds is 7. The van der Waals surface area contributed by atoms with Crippen molar-refractivity contribution < 1.29 is 9.53 Å². The van der Waals surface area contributed by atoms with Crippen molar-refractivity contribution in [2.45, 2.75) is 38.3 Å². The maximum absolute atomic E-state index is 12.3. The summed E-state index contributed by atoms with van der Waals surface area (Å²) in [6.07, 6.45) is 4.98. The highest BCUT2D eigenvalue weighted by Crippen LogP contribution is 2.37. The quantitative estimate of drug-likeness (QED) is 0.757. The van der Waals surface area contributed by atoms with Crippen molar-refractivity contribution in [2.24, 2.45) is 0 Å². The second kappa shape index (κ2) is 6.91. The van der Waals surface area contributed by atoms with Crippen LogP contribution in [-0.2, 0) is 11.3 Å². The smallest absolute Gasteiger partial charge is 0.263 e. The summed E-state index contributed by atoms with van der Waals surface area (Å²) in [5.41, 5.74) is -0.424. The van der Waals surface area contributed by atoms with Crippen molar-refractivity contribution in [3.05, 3.63) is 40.1 Å². The number of ether oxygens (including phenoxy) is 1. The second-order valence-electron chi connectivity index (χ2n) is 5.86. The first-order chi connectivity index (χ1) is 11.6. The van der Waals surface area contributed by atoms with Gasteiger partial charge in [-0.2, -0.15) is 0 Å². The molecule has 9 nitrogen and oxygen atoms in total. The van der Waals surface area contributed by atoms with Gasteiger partial charge in [-0.3, -0.25) is 9.59 Å². The minimum Gasteiger partial charge on any atom is -0.383 e. The summed E-state index contributed by atoms with van der Waals surface area (Å²) >= 11 is 0. The van der Waals surface area contributed by atoms with E-state index in [9.17, 15) is 9.59 Å². The fourth-order valence-electron chi connectivity index (χ4n) is 2.43. The summed E-state index contributed by atoms with van der Waals surface area (Å²) in [7, 11) is 1.61. The summed E-state index contributed by atoms with van der Waals surface area (Å²) in [6, 6.07) is -0.403. The number of carbonyl (C=O) groups is 1. The van der Waals surface area contributed by atoms with Crippen molar-refractivity contribution >= 4 is 5.91 Å². The first kappa shape index (κ1) is 16.3. The Morgan fingerprint density at radius 3 is 3.00 bits per heavy atom. The topological polar surface area (TPSA) is 115 Å². The maximum Gasteiger partial charge on any atom is 0.263 e. The molecule has 1 fully saturated rings. The van der Waals surface area contributed by atoms with Crippen LogP contribution in [0.4, 0.5) is 0 Å². The van der Waals surface area contributed by atoms with Crippen LogP contribution in [-0.4, -0.2) is 44.4 Å². The molecule has 3 rings (SSSR count). The van der Waals surface area contributed by atoms with Gasteiger partial charge in [-0.1, -0.05) is 0 Å². The van der Waals surface area contributed by atoms with Crippen LogP contribution in [0.2, 0.25) is 0 Å². The van der Waals surface area contributed by atoms with E-state index >= 15 is 0 Å². The van der Waals surface area contributed by atoms with Gasteiger partial charge in [-0.05, 0) is 19.8 Å². The highest BCUT2D eigenvalue weighted by atomic mass is 16.5. The zero-order valence-electron chi connectivity index (χ0n) is 13.7. The summed E-state index contributed by atoms with van der Waals surface area (Å²) in [5.74, 6) is 1.09. The second-order valence-corrected chi connectivity index (χ2v) is 5.86. The molecular formula is C15H20N6O3. The van der Waals surface area contributed by atoms with E-state index < -0.39 is 17.5 Å². The third kappa shape index (κ3) is 3.51. The Labute approximate surface area is 138 Å². The van der Waals surface area contributed by atoms with Gasteiger partial charge in [0.1, 0.15) is 17.7 Å². The molecule has 128 valence electrons. The zero-order valence-corrected chi connectivity index (χ0v) is 13.7. The van der Waals surface area contributed by atoms with Gasteiger partial charge in [-0.15, -0.1) is 10.2 Å². The molecule has 0 aliphatic heterocycles. The third-order valence-corrected chi connectivity index (χ3v) is 3.94. The van der Waals surface area contributed by atoms with Crippen LogP contribution in [0.25, 0.3) is 0 Å². The predicted octanol–water partition coefficient (Wildman–Crippen LogP) is 0.376. The van der Waals surface area contributed by atoms with Gasteiger partial charge in [0, 0.05) is 25.8 Å². The van der Waals surface area contributed by atoms with E-state index in [-0.39, 0.29) is 5.56 Å². The van der Waals surface area contributed by atoms with Gasteiger partial charge in [0.15, 0.2) is 5.82 Å². The van der Waals surface area contributed by atoms with Gasteiger partial charge in [0.05, 0.1) is 12.6 Å². The highest BCUT2D eigenvalue weighted by molar-refractivity contribution is 5.93. The molecule has 24 heavy (non-hydrogen) atoms. The molecule has 0 aromatic carbocycles. The molecule has 2 aromatic rings. The Morgan fingerprint density at radius 2 is 2.33 bits per heavy atom. The van der Waals surface area contributed by atoms with Crippen LogP contribution in [0.3, 0.4) is 0 Å². The van der Waals surface area contributed by atoms with Gasteiger partial charge in [0.2, 0.25) is 0 Å². The molecule has 1 aliphatic carbocycles. The van der Waals surface area contributed by atoms with Crippen molar-refractivity contribution in [1.29, 1.82) is 0 Å². The number of carbonyl (C=O) groups excluding carboxylic acids is 1. The lowest BCUT2D eigenvalue weighted by atomic mass is 10.2. The van der Waals surface area contributed by atoms with Crippen LogP contribution in [0.5, 0.6) is 0 Å². The summed E-state index contributed by atoms with van der Waals surface area (Å²) < 4.78 is 6.83. The third-order valence-electron chi connectivity index (χ3n) is 3.94. The molecule has 9 heteroatoms. The van der Waals surface area contributed by atoms with E-state index in [2.05, 4.69) is 25.5 Å². The Balaban J connectivity index is 1.70. The fourth-order valence-corrected chi connectivity index (χ4v) is 2.43. The average Bonchev–Trinajstić information content (AvgIpc) is 3.30. The fraction of sp³-hybridized carbons (Fsp3) is 0.533. The molecule has 1 atom stereocenters. The minimum absolute atomic E-state index is 0.00536. The monoisotopic (exact) mass is 332 g/mol. The van der Waals surface area contributed by atoms with Crippen molar-refractivity contribution in [1.82, 2.24) is 30.0 Å². The molecule has 1 saturated carbocycles. The van der Waals surface area contributed by atoms with Crippen LogP contribution in [0.15, 0.2) is 17.3 Å². The lowest BCUT2D eigenvalue weighted by Crippen LogP contribution is -2.33. The molecule has 0 saturated heterocycles. The Bertz CT molecular complexity index is 780. The minimum atomic E-state index is -0.486. The number of nitrogens with one attached hydrogen (secondary N) is 2. The molecule has 2 heterocycles. The number of methoxy groups -OCH3 is 1. The Kier molecular flexibility index (Phi) is 4.70. The van der Waals surface area contributed by atoms with Crippen molar-refractivity contribution in [2.75, 3.05) is 13.7 Å². The number of aromatic amines is 1. The van der Waals surface area contributed by atoms with E-state index in [1.807, 2.05) is 0 Å². The Morgan fingerprint density at radius 1 is 1.54 bits per heavy atom. The van der Waals surface area contributed by atoms with E-state index in [1.54, 1.807) is 24.9 Å². The van der Waals surface area contributed by atoms with E-state index in [0.29, 0.717) is 30.7 Å². The number of hydrogen-bond donors (Lipinski definition) is 2. The van der Waals surface area contributed by atoms with Crippen LogP contribution < -0.4 is 10.9 Å². The summed E-state index contributed by atoms with van der Waals surface area (Å²) in [6.45, 7) is 2.88. The summed E-state index contributed by atoms with van der Waals surface area (Å²) in [5, 5.41) is 10.6. The first-order valence-corrected chi connectivity index (χ1v) is 7.87. The predicted molar refractivity (Wildman–Crippen MR) is 84.6 cm³/mol. The molecule has 1 aliphatic rings. The number of nitrogens with zero attached hydrogens (tertiary/aromatic N) is 4. The first-order valence-electron chi connectivity index (χ1n) is 7.87. The maximum atomic E-state index is 12.3. The standard InChI is InChI=1S/C15H20N6O3/c1-9(13-20-17-8-21(13)5-6-24-2)18-14(22)11-7-16-12(10-3-4-10)19-15(11)23/h7-10H,3-6H2,1-2H3,(H,18,22)(H,16,19,23). The van der Waals surface area contributed by atoms with Crippen LogP contribution in [0, 0.1) is 0 Å². The molecule has 0 bridgehead atoms.